The summed E-state index contributed by atoms with van der Waals surface area (Å²) in [5, 5.41) is 0. The van der Waals surface area contributed by atoms with Crippen molar-refractivity contribution >= 4 is 0 Å². The van der Waals surface area contributed by atoms with Gasteiger partial charge in [-0.2, -0.15) is 8.78 Å². The highest BCUT2D eigenvalue weighted by molar-refractivity contribution is 5.55. The molecule has 2 aliphatic heterocycles. The largest absolute Gasteiger partial charge is 0.491 e. The van der Waals surface area contributed by atoms with Crippen molar-refractivity contribution in [2.45, 2.75) is 51.0 Å². The van der Waals surface area contributed by atoms with Gasteiger partial charge in [-0.15, -0.1) is 0 Å². The first-order chi connectivity index (χ1) is 14.5. The molecule has 1 saturated heterocycles. The van der Waals surface area contributed by atoms with Crippen molar-refractivity contribution in [3.8, 4) is 17.2 Å². The molecule has 1 fully saturated rings. The fourth-order valence-corrected chi connectivity index (χ4v) is 4.21. The highest BCUT2D eigenvalue weighted by Gasteiger charge is 2.31. The third kappa shape index (κ3) is 3.87. The van der Waals surface area contributed by atoms with E-state index in [4.69, 9.17) is 14.2 Å². The summed E-state index contributed by atoms with van der Waals surface area (Å²) in [5.74, 6) is -3.60. The third-order valence-electron chi connectivity index (χ3n) is 5.77. The normalized spacial score (nSPS) is 20.3. The van der Waals surface area contributed by atoms with Gasteiger partial charge in [-0.3, -0.25) is 4.39 Å². The van der Waals surface area contributed by atoms with E-state index in [-0.39, 0.29) is 49.0 Å². The molecule has 0 bridgehead atoms. The molecule has 2 aromatic rings. The summed E-state index contributed by atoms with van der Waals surface area (Å²) in [5.41, 5.74) is 1.41. The SMILES string of the molecule is CCOc1cc2c(c(F)c1F)Oc1c(ccc(C3CCC(CCCF)OC3)c1F)C2. The second-order valence-corrected chi connectivity index (χ2v) is 7.72. The molecule has 30 heavy (non-hydrogen) atoms. The third-order valence-corrected chi connectivity index (χ3v) is 5.77. The molecule has 0 aromatic heterocycles. The van der Waals surface area contributed by atoms with Gasteiger partial charge < -0.3 is 14.2 Å². The number of hydrogen-bond acceptors (Lipinski definition) is 3. The first kappa shape index (κ1) is 21.0. The molecule has 0 amide bonds. The van der Waals surface area contributed by atoms with E-state index in [9.17, 15) is 13.2 Å². The fraction of sp³-hybridized carbons (Fsp3) is 0.478. The molecule has 7 heteroatoms. The molecule has 4 rings (SSSR count). The van der Waals surface area contributed by atoms with E-state index in [1.54, 1.807) is 19.1 Å². The van der Waals surface area contributed by atoms with Crippen molar-refractivity contribution in [2.75, 3.05) is 19.9 Å². The molecular formula is C23H24F4O3. The number of fused-ring (bicyclic) bond motifs is 2. The lowest BCUT2D eigenvalue weighted by Gasteiger charge is -2.30. The van der Waals surface area contributed by atoms with Crippen molar-refractivity contribution in [1.82, 2.24) is 0 Å². The van der Waals surface area contributed by atoms with Crippen LogP contribution >= 0.6 is 0 Å². The molecule has 2 aliphatic rings. The van der Waals surface area contributed by atoms with Gasteiger partial charge in [-0.25, -0.2) is 4.39 Å². The van der Waals surface area contributed by atoms with Gasteiger partial charge in [0.05, 0.1) is 26.0 Å². The summed E-state index contributed by atoms with van der Waals surface area (Å²) in [6.45, 7) is 1.84. The van der Waals surface area contributed by atoms with Gasteiger partial charge >= 0.3 is 0 Å². The van der Waals surface area contributed by atoms with Crippen LogP contribution in [0.1, 0.15) is 55.2 Å². The molecule has 0 spiro atoms. The van der Waals surface area contributed by atoms with Crippen LogP contribution in [-0.2, 0) is 11.2 Å². The number of rotatable bonds is 6. The minimum absolute atomic E-state index is 0.00239. The van der Waals surface area contributed by atoms with Crippen LogP contribution in [0, 0.1) is 17.5 Å². The monoisotopic (exact) mass is 424 g/mol. The van der Waals surface area contributed by atoms with E-state index in [0.717, 1.165) is 6.42 Å². The molecule has 2 unspecified atom stereocenters. The number of benzene rings is 2. The maximum absolute atomic E-state index is 15.3. The number of ether oxygens (including phenoxy) is 3. The zero-order chi connectivity index (χ0) is 21.3. The Morgan fingerprint density at radius 2 is 1.83 bits per heavy atom. The first-order valence-corrected chi connectivity index (χ1v) is 10.3. The van der Waals surface area contributed by atoms with E-state index in [2.05, 4.69) is 0 Å². The smallest absolute Gasteiger partial charge is 0.205 e. The summed E-state index contributed by atoms with van der Waals surface area (Å²) >= 11 is 0. The van der Waals surface area contributed by atoms with Crippen LogP contribution in [0.3, 0.4) is 0 Å². The van der Waals surface area contributed by atoms with Crippen molar-refractivity contribution in [3.63, 3.8) is 0 Å². The first-order valence-electron chi connectivity index (χ1n) is 10.3. The van der Waals surface area contributed by atoms with Gasteiger partial charge in [0.1, 0.15) is 0 Å². The Kier molecular flexibility index (Phi) is 6.18. The van der Waals surface area contributed by atoms with Crippen molar-refractivity contribution in [3.05, 3.63) is 52.3 Å². The molecule has 0 saturated carbocycles. The Hall–Kier alpha value is -2.28. The average Bonchev–Trinajstić information content (AvgIpc) is 2.76. The molecule has 0 radical (unpaired) electrons. The minimum atomic E-state index is -1.18. The maximum atomic E-state index is 15.3. The number of halogens is 4. The predicted octanol–water partition coefficient (Wildman–Crippen LogP) is 6.21. The molecule has 0 N–H and O–H groups in total. The van der Waals surface area contributed by atoms with E-state index < -0.39 is 17.5 Å². The Labute approximate surface area is 172 Å². The highest BCUT2D eigenvalue weighted by atomic mass is 19.2. The maximum Gasteiger partial charge on any atom is 0.205 e. The van der Waals surface area contributed by atoms with E-state index in [0.29, 0.717) is 42.6 Å². The molecule has 162 valence electrons. The van der Waals surface area contributed by atoms with Crippen molar-refractivity contribution < 1.29 is 31.8 Å². The van der Waals surface area contributed by atoms with Gasteiger partial charge in [0.25, 0.3) is 0 Å². The molecule has 3 nitrogen and oxygen atoms in total. The summed E-state index contributed by atoms with van der Waals surface area (Å²) in [6, 6.07) is 4.87. The predicted molar refractivity (Wildman–Crippen MR) is 104 cm³/mol. The Morgan fingerprint density at radius 3 is 2.53 bits per heavy atom. The lowest BCUT2D eigenvalue weighted by molar-refractivity contribution is -0.00327. The van der Waals surface area contributed by atoms with Gasteiger partial charge in [0, 0.05) is 23.5 Å². The zero-order valence-corrected chi connectivity index (χ0v) is 16.8. The average molecular weight is 424 g/mol. The standard InChI is InChI=1S/C23H24F4O3/c1-2-28-18-11-15-10-13-6-8-17(14-5-7-16(29-12-14)4-3-9-24)19(25)22(13)30-23(15)21(27)20(18)26/h6,8,11,14,16H,2-5,7,9-10,12H2,1H3. The second kappa shape index (κ2) is 8.84. The fourth-order valence-electron chi connectivity index (χ4n) is 4.21. The summed E-state index contributed by atoms with van der Waals surface area (Å²) in [7, 11) is 0. The molecular weight excluding hydrogens is 400 g/mol. The quantitative estimate of drug-likeness (QED) is 0.440. The molecule has 2 atom stereocenters. The highest BCUT2D eigenvalue weighted by Crippen LogP contribution is 2.45. The van der Waals surface area contributed by atoms with Crippen LogP contribution < -0.4 is 9.47 Å². The van der Waals surface area contributed by atoms with Gasteiger partial charge in [0.15, 0.2) is 23.1 Å². The number of alkyl halides is 1. The summed E-state index contributed by atoms with van der Waals surface area (Å²) in [6.07, 6.45) is 2.77. The lowest BCUT2D eigenvalue weighted by Crippen LogP contribution is -2.25. The van der Waals surface area contributed by atoms with Crippen molar-refractivity contribution in [2.24, 2.45) is 0 Å². The molecule has 2 aromatic carbocycles. The number of hydrogen-bond donors (Lipinski definition) is 0. The lowest BCUT2D eigenvalue weighted by atomic mass is 9.88. The van der Waals surface area contributed by atoms with Crippen LogP contribution in [0.2, 0.25) is 0 Å². The second-order valence-electron chi connectivity index (χ2n) is 7.72. The van der Waals surface area contributed by atoms with Crippen LogP contribution in [0.4, 0.5) is 17.6 Å². The van der Waals surface area contributed by atoms with E-state index >= 15 is 4.39 Å². The van der Waals surface area contributed by atoms with E-state index in [1.807, 2.05) is 0 Å². The molecule has 0 aliphatic carbocycles. The Bertz CT molecular complexity index is 923. The van der Waals surface area contributed by atoms with Gasteiger partial charge in [0.2, 0.25) is 11.6 Å². The van der Waals surface area contributed by atoms with Crippen molar-refractivity contribution in [1.29, 1.82) is 0 Å². The van der Waals surface area contributed by atoms with Gasteiger partial charge in [-0.1, -0.05) is 12.1 Å². The zero-order valence-electron chi connectivity index (χ0n) is 16.8. The van der Waals surface area contributed by atoms with Gasteiger partial charge in [-0.05, 0) is 44.2 Å². The van der Waals surface area contributed by atoms with Crippen LogP contribution in [0.25, 0.3) is 0 Å². The summed E-state index contributed by atoms with van der Waals surface area (Å²) in [4.78, 5) is 0. The van der Waals surface area contributed by atoms with Crippen LogP contribution in [0.15, 0.2) is 18.2 Å². The summed E-state index contributed by atoms with van der Waals surface area (Å²) < 4.78 is 72.9. The Balaban J connectivity index is 1.57. The van der Waals surface area contributed by atoms with Crippen LogP contribution in [-0.4, -0.2) is 26.0 Å². The topological polar surface area (TPSA) is 27.7 Å². The minimum Gasteiger partial charge on any atom is -0.491 e. The molecule has 2 heterocycles. The van der Waals surface area contributed by atoms with Crippen LogP contribution in [0.5, 0.6) is 17.2 Å². The van der Waals surface area contributed by atoms with E-state index in [1.165, 1.54) is 6.07 Å². The Morgan fingerprint density at radius 1 is 1.03 bits per heavy atom.